The summed E-state index contributed by atoms with van der Waals surface area (Å²) < 4.78 is 1.69. The normalized spacial score (nSPS) is 11.4. The molecule has 1 aromatic carbocycles. The number of nitrogens with zero attached hydrogens (tertiary/aromatic N) is 2. The lowest BCUT2D eigenvalue weighted by atomic mass is 9.87. The first-order chi connectivity index (χ1) is 9.27. The molecule has 0 saturated carbocycles. The predicted molar refractivity (Wildman–Crippen MR) is 81.0 cm³/mol. The Bertz CT molecular complexity index is 599. The molecule has 0 radical (unpaired) electrons. The second kappa shape index (κ2) is 5.12. The van der Waals surface area contributed by atoms with Crippen molar-refractivity contribution in [2.75, 3.05) is 5.32 Å². The highest BCUT2D eigenvalue weighted by Crippen LogP contribution is 2.23. The number of anilines is 1. The Morgan fingerprint density at radius 1 is 1.20 bits per heavy atom. The number of amides is 1. The van der Waals surface area contributed by atoms with Gasteiger partial charge in [-0.2, -0.15) is 5.10 Å². The first kappa shape index (κ1) is 14.3. The summed E-state index contributed by atoms with van der Waals surface area (Å²) in [6, 6.07) is 9.71. The number of aromatic nitrogens is 2. The number of hydrogen-bond acceptors (Lipinski definition) is 2. The molecule has 1 amide bonds. The van der Waals surface area contributed by atoms with Crippen LogP contribution >= 0.6 is 0 Å². The molecular weight excluding hydrogens is 250 g/mol. The second-order valence-corrected chi connectivity index (χ2v) is 6.08. The van der Waals surface area contributed by atoms with Crippen LogP contribution in [-0.4, -0.2) is 15.7 Å². The van der Waals surface area contributed by atoms with Gasteiger partial charge in [-0.1, -0.05) is 32.9 Å². The fourth-order valence-corrected chi connectivity index (χ4v) is 1.92. The molecule has 0 aliphatic carbocycles. The molecule has 0 unspecified atom stereocenters. The zero-order chi connectivity index (χ0) is 14.9. The van der Waals surface area contributed by atoms with Crippen molar-refractivity contribution in [3.8, 4) is 0 Å². The Hall–Kier alpha value is -2.10. The van der Waals surface area contributed by atoms with Gasteiger partial charge in [0, 0.05) is 18.4 Å². The number of carbonyl (C=O) groups is 1. The van der Waals surface area contributed by atoms with Crippen molar-refractivity contribution in [1.29, 1.82) is 0 Å². The third-order valence-electron chi connectivity index (χ3n) is 3.36. The van der Waals surface area contributed by atoms with E-state index in [1.165, 1.54) is 5.56 Å². The van der Waals surface area contributed by atoms with E-state index in [0.29, 0.717) is 5.69 Å². The van der Waals surface area contributed by atoms with E-state index in [1.54, 1.807) is 10.7 Å². The van der Waals surface area contributed by atoms with Gasteiger partial charge < -0.3 is 5.32 Å². The lowest BCUT2D eigenvalue weighted by Crippen LogP contribution is -2.14. The molecule has 2 aromatic rings. The predicted octanol–water partition coefficient (Wildman–Crippen LogP) is 3.28. The molecule has 20 heavy (non-hydrogen) atoms. The van der Waals surface area contributed by atoms with E-state index < -0.39 is 0 Å². The summed E-state index contributed by atoms with van der Waals surface area (Å²) in [5.41, 5.74) is 3.53. The van der Waals surface area contributed by atoms with Crippen LogP contribution < -0.4 is 5.32 Å². The molecule has 0 aliphatic rings. The number of carbonyl (C=O) groups excluding carboxylic acids is 1. The van der Waals surface area contributed by atoms with Gasteiger partial charge in [-0.15, -0.1) is 0 Å². The van der Waals surface area contributed by atoms with Gasteiger partial charge in [0.15, 0.2) is 5.69 Å². The van der Waals surface area contributed by atoms with Gasteiger partial charge in [0.25, 0.3) is 5.91 Å². The summed E-state index contributed by atoms with van der Waals surface area (Å²) in [6.07, 6.45) is 0. The van der Waals surface area contributed by atoms with Crippen molar-refractivity contribution in [2.45, 2.75) is 33.1 Å². The Labute approximate surface area is 119 Å². The number of hydrogen-bond donors (Lipinski definition) is 1. The Morgan fingerprint density at radius 3 is 2.25 bits per heavy atom. The van der Waals surface area contributed by atoms with Crippen LogP contribution in [0.1, 0.15) is 42.5 Å². The number of benzene rings is 1. The lowest BCUT2D eigenvalue weighted by Gasteiger charge is -2.19. The van der Waals surface area contributed by atoms with Gasteiger partial charge in [0.2, 0.25) is 0 Å². The molecule has 0 bridgehead atoms. The smallest absolute Gasteiger partial charge is 0.276 e. The Balaban J connectivity index is 2.12. The van der Waals surface area contributed by atoms with Crippen molar-refractivity contribution in [2.24, 2.45) is 7.05 Å². The third-order valence-corrected chi connectivity index (χ3v) is 3.36. The van der Waals surface area contributed by atoms with Crippen molar-refractivity contribution >= 4 is 11.6 Å². The molecule has 0 spiro atoms. The van der Waals surface area contributed by atoms with Crippen molar-refractivity contribution in [1.82, 2.24) is 9.78 Å². The molecule has 1 N–H and O–H groups in total. The van der Waals surface area contributed by atoms with E-state index in [0.717, 1.165) is 11.4 Å². The fraction of sp³-hybridized carbons (Fsp3) is 0.375. The van der Waals surface area contributed by atoms with Crippen LogP contribution in [0.3, 0.4) is 0 Å². The monoisotopic (exact) mass is 271 g/mol. The quantitative estimate of drug-likeness (QED) is 0.911. The molecule has 106 valence electrons. The minimum atomic E-state index is -0.183. The molecule has 1 heterocycles. The zero-order valence-corrected chi connectivity index (χ0v) is 12.7. The van der Waals surface area contributed by atoms with Crippen LogP contribution in [0.15, 0.2) is 30.3 Å². The first-order valence-corrected chi connectivity index (χ1v) is 6.70. The highest BCUT2D eigenvalue weighted by atomic mass is 16.1. The molecule has 4 nitrogen and oxygen atoms in total. The highest BCUT2D eigenvalue weighted by Gasteiger charge is 2.14. The Kier molecular flexibility index (Phi) is 3.66. The van der Waals surface area contributed by atoms with Gasteiger partial charge in [-0.3, -0.25) is 9.48 Å². The van der Waals surface area contributed by atoms with Crippen LogP contribution in [0.4, 0.5) is 5.69 Å². The van der Waals surface area contributed by atoms with Gasteiger partial charge in [-0.05, 0) is 36.1 Å². The third kappa shape index (κ3) is 3.07. The maximum atomic E-state index is 12.1. The standard InChI is InChI=1S/C16H21N3O/c1-11-10-14(18-19(11)5)15(20)17-13-8-6-12(7-9-13)16(2,3)4/h6-10H,1-5H3,(H,17,20). The summed E-state index contributed by atoms with van der Waals surface area (Å²) in [5, 5.41) is 7.03. The van der Waals surface area contributed by atoms with Crippen LogP contribution in [0, 0.1) is 6.92 Å². The van der Waals surface area contributed by atoms with E-state index in [1.807, 2.05) is 38.2 Å². The zero-order valence-electron chi connectivity index (χ0n) is 12.7. The van der Waals surface area contributed by atoms with Gasteiger partial charge >= 0.3 is 0 Å². The maximum absolute atomic E-state index is 12.1. The summed E-state index contributed by atoms with van der Waals surface area (Å²) in [4.78, 5) is 12.1. The minimum absolute atomic E-state index is 0.112. The number of rotatable bonds is 2. The SMILES string of the molecule is Cc1cc(C(=O)Nc2ccc(C(C)(C)C)cc2)nn1C. The van der Waals surface area contributed by atoms with Crippen molar-refractivity contribution in [3.63, 3.8) is 0 Å². The summed E-state index contributed by atoms with van der Waals surface area (Å²) >= 11 is 0. The molecule has 1 aromatic heterocycles. The average Bonchev–Trinajstić information content (AvgIpc) is 2.69. The summed E-state index contributed by atoms with van der Waals surface area (Å²) in [7, 11) is 1.82. The number of aryl methyl sites for hydroxylation is 2. The fourth-order valence-electron chi connectivity index (χ4n) is 1.92. The Morgan fingerprint density at radius 2 is 1.80 bits per heavy atom. The van der Waals surface area contributed by atoms with Crippen LogP contribution in [0.5, 0.6) is 0 Å². The molecular formula is C16H21N3O. The minimum Gasteiger partial charge on any atom is -0.321 e. The largest absolute Gasteiger partial charge is 0.321 e. The van der Waals surface area contributed by atoms with E-state index >= 15 is 0 Å². The van der Waals surface area contributed by atoms with Crippen LogP contribution in [0.2, 0.25) is 0 Å². The number of nitrogens with one attached hydrogen (secondary N) is 1. The molecule has 0 fully saturated rings. The lowest BCUT2D eigenvalue weighted by molar-refractivity contribution is 0.102. The van der Waals surface area contributed by atoms with Gasteiger partial charge in [0.1, 0.15) is 0 Å². The molecule has 0 atom stereocenters. The molecule has 0 aliphatic heterocycles. The van der Waals surface area contributed by atoms with Crippen molar-refractivity contribution in [3.05, 3.63) is 47.3 Å². The van der Waals surface area contributed by atoms with E-state index in [2.05, 4.69) is 31.2 Å². The van der Waals surface area contributed by atoms with E-state index in [-0.39, 0.29) is 11.3 Å². The van der Waals surface area contributed by atoms with Crippen LogP contribution in [-0.2, 0) is 12.5 Å². The first-order valence-electron chi connectivity index (χ1n) is 6.70. The van der Waals surface area contributed by atoms with Crippen molar-refractivity contribution < 1.29 is 4.79 Å². The average molecular weight is 271 g/mol. The summed E-state index contributed by atoms with van der Waals surface area (Å²) in [5.74, 6) is -0.183. The van der Waals surface area contributed by atoms with Gasteiger partial charge in [0.05, 0.1) is 0 Å². The van der Waals surface area contributed by atoms with E-state index in [4.69, 9.17) is 0 Å². The molecule has 2 rings (SSSR count). The summed E-state index contributed by atoms with van der Waals surface area (Å²) in [6.45, 7) is 8.41. The van der Waals surface area contributed by atoms with Gasteiger partial charge in [-0.25, -0.2) is 0 Å². The maximum Gasteiger partial charge on any atom is 0.276 e. The molecule has 0 saturated heterocycles. The van der Waals surface area contributed by atoms with Crippen LogP contribution in [0.25, 0.3) is 0 Å². The highest BCUT2D eigenvalue weighted by molar-refractivity contribution is 6.02. The molecule has 4 heteroatoms. The van der Waals surface area contributed by atoms with E-state index in [9.17, 15) is 4.79 Å². The topological polar surface area (TPSA) is 46.9 Å². The second-order valence-electron chi connectivity index (χ2n) is 6.08.